The van der Waals surface area contributed by atoms with Crippen LogP contribution >= 0.6 is 15.9 Å². The summed E-state index contributed by atoms with van der Waals surface area (Å²) in [5, 5.41) is 16.2. The molecule has 1 aromatic rings. The predicted molar refractivity (Wildman–Crippen MR) is 83.0 cm³/mol. The highest BCUT2D eigenvalue weighted by Crippen LogP contribution is 2.30. The van der Waals surface area contributed by atoms with Crippen LogP contribution in [0.1, 0.15) is 38.5 Å². The lowest BCUT2D eigenvalue weighted by Crippen LogP contribution is -2.25. The first-order valence-corrected chi connectivity index (χ1v) is 8.12. The molecule has 1 saturated carbocycles. The van der Waals surface area contributed by atoms with Crippen molar-refractivity contribution in [2.75, 3.05) is 18.5 Å². The quantitative estimate of drug-likeness (QED) is 0.675. The van der Waals surface area contributed by atoms with Crippen molar-refractivity contribution in [3.05, 3.63) is 21.0 Å². The number of unbranched alkanes of at least 4 members (excludes halogenated alkanes) is 3. The predicted octanol–water partition coefficient (Wildman–Crippen LogP) is 2.38. The number of anilines is 1. The van der Waals surface area contributed by atoms with Crippen LogP contribution in [-0.2, 0) is 6.54 Å². The molecule has 0 unspecified atom stereocenters. The van der Waals surface area contributed by atoms with Crippen molar-refractivity contribution in [3.8, 4) is 0 Å². The van der Waals surface area contributed by atoms with Crippen molar-refractivity contribution in [1.82, 2.24) is 9.78 Å². The van der Waals surface area contributed by atoms with Gasteiger partial charge in [0.1, 0.15) is 4.47 Å². The second-order valence-electron chi connectivity index (χ2n) is 5.37. The Labute approximate surface area is 127 Å². The third-order valence-electron chi connectivity index (χ3n) is 3.51. The fourth-order valence-electron chi connectivity index (χ4n) is 2.08. The number of halogens is 1. The second-order valence-corrected chi connectivity index (χ2v) is 6.16. The molecule has 0 bridgehead atoms. The van der Waals surface area contributed by atoms with Crippen LogP contribution in [-0.4, -0.2) is 28.0 Å². The van der Waals surface area contributed by atoms with Crippen molar-refractivity contribution in [1.29, 1.82) is 0 Å². The number of nitrogens with one attached hydrogen (secondary N) is 1. The number of aromatic nitrogens is 2. The Kier molecular flexibility index (Phi) is 6.04. The van der Waals surface area contributed by atoms with E-state index >= 15 is 0 Å². The Bertz CT molecular complexity index is 486. The van der Waals surface area contributed by atoms with Gasteiger partial charge in [0.25, 0.3) is 5.56 Å². The molecule has 1 aromatic heterocycles. The second kappa shape index (κ2) is 7.78. The number of rotatable bonds is 9. The Morgan fingerprint density at radius 1 is 1.35 bits per heavy atom. The zero-order valence-corrected chi connectivity index (χ0v) is 13.2. The molecule has 0 amide bonds. The van der Waals surface area contributed by atoms with Crippen LogP contribution in [0.25, 0.3) is 0 Å². The molecule has 1 fully saturated rings. The van der Waals surface area contributed by atoms with E-state index in [1.807, 2.05) is 0 Å². The highest BCUT2D eigenvalue weighted by atomic mass is 79.9. The summed E-state index contributed by atoms with van der Waals surface area (Å²) < 4.78 is 2.12. The van der Waals surface area contributed by atoms with E-state index in [2.05, 4.69) is 26.3 Å². The molecule has 1 aliphatic rings. The minimum absolute atomic E-state index is 0.0535. The molecule has 0 radical (unpaired) electrons. The summed E-state index contributed by atoms with van der Waals surface area (Å²) in [6, 6.07) is 0. The molecule has 2 rings (SSSR count). The lowest BCUT2D eigenvalue weighted by atomic mass is 10.2. The van der Waals surface area contributed by atoms with Gasteiger partial charge in [-0.15, -0.1) is 0 Å². The molecule has 1 heterocycles. The standard InChI is InChI=1S/C14H22BrN3O2/c15-13-12(16-7-3-1-2-4-8-19)9-17-18(14(13)20)10-11-5-6-11/h9,11,16,19H,1-8,10H2. The molecule has 0 atom stereocenters. The van der Waals surface area contributed by atoms with E-state index in [-0.39, 0.29) is 12.2 Å². The van der Waals surface area contributed by atoms with E-state index < -0.39 is 0 Å². The molecule has 112 valence electrons. The van der Waals surface area contributed by atoms with Crippen LogP contribution in [0.5, 0.6) is 0 Å². The Morgan fingerprint density at radius 2 is 2.10 bits per heavy atom. The van der Waals surface area contributed by atoms with E-state index in [0.717, 1.165) is 44.5 Å². The first-order valence-electron chi connectivity index (χ1n) is 7.32. The lowest BCUT2D eigenvalue weighted by Gasteiger charge is -2.10. The molecular weight excluding hydrogens is 322 g/mol. The fraction of sp³-hybridized carbons (Fsp3) is 0.714. The maximum absolute atomic E-state index is 12.1. The van der Waals surface area contributed by atoms with E-state index in [1.54, 1.807) is 10.9 Å². The topological polar surface area (TPSA) is 67.2 Å². The van der Waals surface area contributed by atoms with Crippen molar-refractivity contribution in [2.45, 2.75) is 45.1 Å². The van der Waals surface area contributed by atoms with Crippen LogP contribution < -0.4 is 10.9 Å². The van der Waals surface area contributed by atoms with E-state index in [4.69, 9.17) is 5.11 Å². The summed E-state index contributed by atoms with van der Waals surface area (Å²) in [6.07, 6.45) is 8.15. The van der Waals surface area contributed by atoms with E-state index in [1.165, 1.54) is 12.8 Å². The minimum Gasteiger partial charge on any atom is -0.396 e. The van der Waals surface area contributed by atoms with Gasteiger partial charge in [0.05, 0.1) is 11.9 Å². The van der Waals surface area contributed by atoms with Crippen molar-refractivity contribution >= 4 is 21.6 Å². The third-order valence-corrected chi connectivity index (χ3v) is 4.28. The van der Waals surface area contributed by atoms with Crippen molar-refractivity contribution in [3.63, 3.8) is 0 Å². The first kappa shape index (κ1) is 15.5. The van der Waals surface area contributed by atoms with Crippen LogP contribution in [0.15, 0.2) is 15.5 Å². The van der Waals surface area contributed by atoms with Gasteiger partial charge in [-0.2, -0.15) is 5.10 Å². The average molecular weight is 344 g/mol. The largest absolute Gasteiger partial charge is 0.396 e. The normalized spacial score (nSPS) is 14.5. The maximum Gasteiger partial charge on any atom is 0.283 e. The zero-order valence-electron chi connectivity index (χ0n) is 11.6. The summed E-state index contributed by atoms with van der Waals surface area (Å²) >= 11 is 3.37. The SMILES string of the molecule is O=c1c(Br)c(NCCCCCCO)cnn1CC1CC1. The van der Waals surface area contributed by atoms with Crippen LogP contribution in [0.4, 0.5) is 5.69 Å². The van der Waals surface area contributed by atoms with E-state index in [9.17, 15) is 4.79 Å². The van der Waals surface area contributed by atoms with Crippen LogP contribution in [0.3, 0.4) is 0 Å². The Balaban J connectivity index is 1.82. The van der Waals surface area contributed by atoms with Crippen LogP contribution in [0, 0.1) is 5.92 Å². The number of aliphatic hydroxyl groups excluding tert-OH is 1. The summed E-state index contributed by atoms with van der Waals surface area (Å²) in [6.45, 7) is 1.82. The summed E-state index contributed by atoms with van der Waals surface area (Å²) in [4.78, 5) is 12.1. The molecule has 20 heavy (non-hydrogen) atoms. The molecule has 0 aromatic carbocycles. The lowest BCUT2D eigenvalue weighted by molar-refractivity contribution is 0.283. The Hall–Kier alpha value is -0.880. The number of hydrogen-bond acceptors (Lipinski definition) is 4. The maximum atomic E-state index is 12.1. The molecule has 6 heteroatoms. The number of aliphatic hydroxyl groups is 1. The van der Waals surface area contributed by atoms with Crippen molar-refractivity contribution in [2.24, 2.45) is 5.92 Å². The van der Waals surface area contributed by atoms with Gasteiger partial charge in [-0.1, -0.05) is 12.8 Å². The van der Waals surface area contributed by atoms with E-state index in [0.29, 0.717) is 10.4 Å². The highest BCUT2D eigenvalue weighted by Gasteiger charge is 2.23. The summed E-state index contributed by atoms with van der Waals surface area (Å²) in [5.41, 5.74) is 0.714. The molecular formula is C14H22BrN3O2. The smallest absolute Gasteiger partial charge is 0.283 e. The Morgan fingerprint density at radius 3 is 2.80 bits per heavy atom. The molecule has 0 saturated heterocycles. The number of nitrogens with zero attached hydrogens (tertiary/aromatic N) is 2. The molecule has 0 spiro atoms. The van der Waals surface area contributed by atoms with Gasteiger partial charge in [0, 0.05) is 19.7 Å². The minimum atomic E-state index is -0.0535. The van der Waals surface area contributed by atoms with Gasteiger partial charge < -0.3 is 10.4 Å². The third kappa shape index (κ3) is 4.59. The summed E-state index contributed by atoms with van der Waals surface area (Å²) in [7, 11) is 0. The highest BCUT2D eigenvalue weighted by molar-refractivity contribution is 9.10. The zero-order chi connectivity index (χ0) is 14.4. The monoisotopic (exact) mass is 343 g/mol. The molecule has 0 aliphatic heterocycles. The fourth-order valence-corrected chi connectivity index (χ4v) is 2.52. The summed E-state index contributed by atoms with van der Waals surface area (Å²) in [5.74, 6) is 0.637. The molecule has 2 N–H and O–H groups in total. The molecule has 1 aliphatic carbocycles. The van der Waals surface area contributed by atoms with Crippen molar-refractivity contribution < 1.29 is 5.11 Å². The van der Waals surface area contributed by atoms with Gasteiger partial charge in [0.2, 0.25) is 0 Å². The number of hydrogen-bond donors (Lipinski definition) is 2. The average Bonchev–Trinajstić information content (AvgIpc) is 3.25. The first-order chi connectivity index (χ1) is 9.72. The van der Waals surface area contributed by atoms with Crippen LogP contribution in [0.2, 0.25) is 0 Å². The van der Waals surface area contributed by atoms with Gasteiger partial charge in [0.15, 0.2) is 0 Å². The van der Waals surface area contributed by atoms with Gasteiger partial charge >= 0.3 is 0 Å². The van der Waals surface area contributed by atoms with Gasteiger partial charge in [-0.25, -0.2) is 4.68 Å². The molecule has 5 nitrogen and oxygen atoms in total. The van der Waals surface area contributed by atoms with Gasteiger partial charge in [-0.3, -0.25) is 4.79 Å². The van der Waals surface area contributed by atoms with Gasteiger partial charge in [-0.05, 0) is 47.5 Å².